The van der Waals surface area contributed by atoms with E-state index in [0.717, 1.165) is 6.42 Å². The lowest BCUT2D eigenvalue weighted by atomic mass is 9.78. The first-order valence-electron chi connectivity index (χ1n) is 5.50. The summed E-state index contributed by atoms with van der Waals surface area (Å²) in [6.07, 6.45) is 2.90. The summed E-state index contributed by atoms with van der Waals surface area (Å²) in [7, 11) is 0. The third-order valence-corrected chi connectivity index (χ3v) is 3.38. The maximum Gasteiger partial charge on any atom is 0.103 e. The number of rotatable bonds is 3. The normalized spacial score (nSPS) is 14.4. The zero-order valence-corrected chi connectivity index (χ0v) is 11.8. The van der Waals surface area contributed by atoms with Crippen molar-refractivity contribution < 1.29 is 0 Å². The molecule has 1 rings (SSSR count). The Balaban J connectivity index is 3.28. The predicted molar refractivity (Wildman–Crippen MR) is 73.3 cm³/mol. The van der Waals surface area contributed by atoms with E-state index in [0.29, 0.717) is 4.49 Å². The van der Waals surface area contributed by atoms with Gasteiger partial charge in [-0.15, -0.1) is 0 Å². The van der Waals surface area contributed by atoms with Gasteiger partial charge < -0.3 is 0 Å². The maximum absolute atomic E-state index is 5.80. The van der Waals surface area contributed by atoms with Crippen LogP contribution in [0.2, 0.25) is 0 Å². The lowest BCUT2D eigenvalue weighted by Crippen LogP contribution is -2.19. The van der Waals surface area contributed by atoms with Crippen LogP contribution in [-0.4, -0.2) is 0 Å². The van der Waals surface area contributed by atoms with Crippen LogP contribution in [0.1, 0.15) is 37.0 Å². The van der Waals surface area contributed by atoms with Crippen molar-refractivity contribution in [2.24, 2.45) is 0 Å². The first-order chi connectivity index (χ1) is 7.39. The van der Waals surface area contributed by atoms with Crippen LogP contribution in [-0.2, 0) is 5.41 Å². The van der Waals surface area contributed by atoms with Gasteiger partial charge in [0.15, 0.2) is 0 Å². The Kier molecular flexibility index (Phi) is 4.46. The van der Waals surface area contributed by atoms with Crippen LogP contribution in [0.4, 0.5) is 0 Å². The van der Waals surface area contributed by atoms with Gasteiger partial charge in [0.05, 0.1) is 0 Å². The van der Waals surface area contributed by atoms with Crippen LogP contribution in [0.3, 0.4) is 0 Å². The van der Waals surface area contributed by atoms with Crippen LogP contribution in [0.5, 0.6) is 0 Å². The SMILES string of the molecule is CCC(C)(C=C(Cl)Cl)c1ccc(C)cc1C. The second-order valence-electron chi connectivity index (χ2n) is 4.52. The van der Waals surface area contributed by atoms with E-state index < -0.39 is 0 Å². The third kappa shape index (κ3) is 3.02. The van der Waals surface area contributed by atoms with E-state index in [1.165, 1.54) is 16.7 Å². The van der Waals surface area contributed by atoms with Crippen LogP contribution in [0.25, 0.3) is 0 Å². The monoisotopic (exact) mass is 256 g/mol. The molecule has 1 aromatic rings. The highest BCUT2D eigenvalue weighted by Gasteiger charge is 2.24. The fourth-order valence-electron chi connectivity index (χ4n) is 2.07. The van der Waals surface area contributed by atoms with Crippen molar-refractivity contribution >= 4 is 23.2 Å². The van der Waals surface area contributed by atoms with Crippen molar-refractivity contribution in [3.05, 3.63) is 45.5 Å². The minimum absolute atomic E-state index is 0.0867. The Morgan fingerprint density at radius 3 is 2.38 bits per heavy atom. The van der Waals surface area contributed by atoms with Gasteiger partial charge in [-0.05, 0) is 37.5 Å². The molecule has 0 aliphatic carbocycles. The van der Waals surface area contributed by atoms with Crippen LogP contribution in [0.15, 0.2) is 28.8 Å². The molecule has 0 nitrogen and oxygen atoms in total. The number of hydrogen-bond donors (Lipinski definition) is 0. The van der Waals surface area contributed by atoms with E-state index in [1.807, 2.05) is 6.08 Å². The summed E-state index contributed by atoms with van der Waals surface area (Å²) >= 11 is 11.6. The van der Waals surface area contributed by atoms with Gasteiger partial charge in [0.25, 0.3) is 0 Å². The maximum atomic E-state index is 5.80. The van der Waals surface area contributed by atoms with E-state index >= 15 is 0 Å². The Labute approximate surface area is 108 Å². The molecule has 0 radical (unpaired) electrons. The summed E-state index contributed by atoms with van der Waals surface area (Å²) in [5.74, 6) is 0. The van der Waals surface area contributed by atoms with Gasteiger partial charge >= 0.3 is 0 Å². The summed E-state index contributed by atoms with van der Waals surface area (Å²) in [5, 5.41) is 0. The lowest BCUT2D eigenvalue weighted by molar-refractivity contribution is 0.568. The first-order valence-corrected chi connectivity index (χ1v) is 6.26. The van der Waals surface area contributed by atoms with Gasteiger partial charge in [0.1, 0.15) is 4.49 Å². The molecule has 0 N–H and O–H groups in total. The topological polar surface area (TPSA) is 0 Å². The quantitative estimate of drug-likeness (QED) is 0.690. The molecular formula is C14H18Cl2. The number of allylic oxidation sites excluding steroid dienone is 1. The highest BCUT2D eigenvalue weighted by Crippen LogP contribution is 2.34. The van der Waals surface area contributed by atoms with Crippen LogP contribution in [0, 0.1) is 13.8 Å². The molecule has 0 aromatic heterocycles. The van der Waals surface area contributed by atoms with Crippen molar-refractivity contribution in [1.82, 2.24) is 0 Å². The number of aryl methyl sites for hydroxylation is 2. The smallest absolute Gasteiger partial charge is 0.0712 e. The molecule has 0 bridgehead atoms. The standard InChI is InChI=1S/C14H18Cl2/c1-5-14(4,9-13(15)16)12-7-6-10(2)8-11(12)3/h6-9H,5H2,1-4H3. The molecule has 0 fully saturated rings. The minimum Gasteiger partial charge on any atom is -0.0712 e. The predicted octanol–water partition coefficient (Wildman–Crippen LogP) is 5.29. The molecule has 88 valence electrons. The fraction of sp³-hybridized carbons (Fsp3) is 0.429. The van der Waals surface area contributed by atoms with Gasteiger partial charge in [0, 0.05) is 5.41 Å². The van der Waals surface area contributed by atoms with Gasteiger partial charge in [-0.1, -0.05) is 60.8 Å². The summed E-state index contributed by atoms with van der Waals surface area (Å²) in [5.41, 5.74) is 3.77. The van der Waals surface area contributed by atoms with E-state index in [1.54, 1.807) is 0 Å². The van der Waals surface area contributed by atoms with E-state index in [2.05, 4.69) is 45.9 Å². The third-order valence-electron chi connectivity index (χ3n) is 3.16. The molecule has 16 heavy (non-hydrogen) atoms. The number of benzene rings is 1. The molecule has 0 heterocycles. The molecule has 1 atom stereocenters. The number of halogens is 2. The van der Waals surface area contributed by atoms with Gasteiger partial charge in [-0.3, -0.25) is 0 Å². The Morgan fingerprint density at radius 1 is 1.31 bits per heavy atom. The van der Waals surface area contributed by atoms with Crippen molar-refractivity contribution in [1.29, 1.82) is 0 Å². The Hall–Kier alpha value is -0.460. The van der Waals surface area contributed by atoms with E-state index in [9.17, 15) is 0 Å². The van der Waals surface area contributed by atoms with Crippen LogP contribution < -0.4 is 0 Å². The second kappa shape index (κ2) is 5.25. The largest absolute Gasteiger partial charge is 0.103 e. The second-order valence-corrected chi connectivity index (χ2v) is 5.53. The minimum atomic E-state index is -0.0867. The van der Waals surface area contributed by atoms with Crippen molar-refractivity contribution in [3.63, 3.8) is 0 Å². The van der Waals surface area contributed by atoms with E-state index in [4.69, 9.17) is 23.2 Å². The van der Waals surface area contributed by atoms with E-state index in [-0.39, 0.29) is 5.41 Å². The molecule has 0 saturated carbocycles. The van der Waals surface area contributed by atoms with Gasteiger partial charge in [-0.25, -0.2) is 0 Å². The molecule has 0 aliphatic rings. The van der Waals surface area contributed by atoms with Crippen molar-refractivity contribution in [2.75, 3.05) is 0 Å². The Bertz CT molecular complexity index is 403. The zero-order chi connectivity index (χ0) is 12.3. The molecular weight excluding hydrogens is 239 g/mol. The van der Waals surface area contributed by atoms with Crippen molar-refractivity contribution in [3.8, 4) is 0 Å². The average Bonchev–Trinajstić information content (AvgIpc) is 2.16. The molecule has 2 heteroatoms. The highest BCUT2D eigenvalue weighted by atomic mass is 35.5. The summed E-state index contributed by atoms with van der Waals surface area (Å²) < 4.78 is 0.337. The summed E-state index contributed by atoms with van der Waals surface area (Å²) in [6.45, 7) is 8.54. The molecule has 0 amide bonds. The first kappa shape index (κ1) is 13.6. The molecule has 0 aliphatic heterocycles. The van der Waals surface area contributed by atoms with Crippen LogP contribution >= 0.6 is 23.2 Å². The molecule has 1 aromatic carbocycles. The highest BCUT2D eigenvalue weighted by molar-refractivity contribution is 6.55. The molecule has 0 spiro atoms. The van der Waals surface area contributed by atoms with Crippen molar-refractivity contribution in [2.45, 2.75) is 39.5 Å². The van der Waals surface area contributed by atoms with Gasteiger partial charge in [-0.2, -0.15) is 0 Å². The average molecular weight is 257 g/mol. The fourth-order valence-corrected chi connectivity index (χ4v) is 2.55. The summed E-state index contributed by atoms with van der Waals surface area (Å²) in [6, 6.07) is 6.49. The Morgan fingerprint density at radius 2 is 1.94 bits per heavy atom. The molecule has 0 saturated heterocycles. The number of hydrogen-bond acceptors (Lipinski definition) is 0. The summed E-state index contributed by atoms with van der Waals surface area (Å²) in [4.78, 5) is 0. The van der Waals surface area contributed by atoms with Gasteiger partial charge in [0.2, 0.25) is 0 Å². The zero-order valence-electron chi connectivity index (χ0n) is 10.3. The molecule has 1 unspecified atom stereocenters. The lowest BCUT2D eigenvalue weighted by Gasteiger charge is -2.27.